The van der Waals surface area contributed by atoms with Crippen LogP contribution in [0.3, 0.4) is 0 Å². The van der Waals surface area contributed by atoms with Crippen LogP contribution in [0.15, 0.2) is 0 Å². The standard InChI is InChI=1S/C20H30O4/c1-10-18(6,7)21-23-20(24-22-19(8,9)11-2)15(5)16-12-17(20)14(4)13(16)3/h1-2,13-17H,12H2,3-9H3. The molecular formula is C20H30O4. The Bertz CT molecular complexity index is 521. The van der Waals surface area contributed by atoms with E-state index in [0.717, 1.165) is 6.42 Å². The van der Waals surface area contributed by atoms with Gasteiger partial charge in [0.15, 0.2) is 11.2 Å². The first-order valence-electron chi connectivity index (χ1n) is 8.69. The first kappa shape index (κ1) is 19.3. The van der Waals surface area contributed by atoms with Gasteiger partial charge in [-0.05, 0) is 51.9 Å². The van der Waals surface area contributed by atoms with E-state index in [1.807, 2.05) is 0 Å². The van der Waals surface area contributed by atoms with Crippen molar-refractivity contribution < 1.29 is 19.6 Å². The van der Waals surface area contributed by atoms with E-state index in [2.05, 4.69) is 32.6 Å². The molecule has 2 saturated carbocycles. The van der Waals surface area contributed by atoms with E-state index in [-0.39, 0.29) is 11.8 Å². The fraction of sp³-hybridized carbons (Fsp3) is 0.800. The van der Waals surface area contributed by atoms with Gasteiger partial charge in [0.1, 0.15) is 0 Å². The first-order valence-corrected chi connectivity index (χ1v) is 8.69. The summed E-state index contributed by atoms with van der Waals surface area (Å²) in [4.78, 5) is 22.9. The van der Waals surface area contributed by atoms with E-state index in [1.165, 1.54) is 0 Å². The van der Waals surface area contributed by atoms with Gasteiger partial charge in [-0.1, -0.05) is 32.6 Å². The van der Waals surface area contributed by atoms with Gasteiger partial charge >= 0.3 is 0 Å². The van der Waals surface area contributed by atoms with Crippen molar-refractivity contribution in [2.24, 2.45) is 29.6 Å². The Morgan fingerprint density at radius 1 is 0.875 bits per heavy atom. The Balaban J connectivity index is 2.26. The fourth-order valence-electron chi connectivity index (χ4n) is 3.98. The molecule has 2 aliphatic carbocycles. The Labute approximate surface area is 146 Å². The maximum atomic E-state index is 5.89. The van der Waals surface area contributed by atoms with E-state index in [0.29, 0.717) is 17.8 Å². The Hall–Kier alpha value is -1.04. The zero-order valence-electron chi connectivity index (χ0n) is 15.9. The fourth-order valence-corrected chi connectivity index (χ4v) is 3.98. The molecule has 2 bridgehead atoms. The summed E-state index contributed by atoms with van der Waals surface area (Å²) in [7, 11) is 0. The Morgan fingerprint density at radius 2 is 1.33 bits per heavy atom. The SMILES string of the molecule is C#CC(C)(C)OOC1(OOC(C)(C)C#C)C(C)C2CC1C(C)C2C. The maximum Gasteiger partial charge on any atom is 0.239 e. The van der Waals surface area contributed by atoms with Crippen molar-refractivity contribution in [3.8, 4) is 24.7 Å². The quantitative estimate of drug-likeness (QED) is 0.319. The molecular weight excluding hydrogens is 304 g/mol. The predicted molar refractivity (Wildman–Crippen MR) is 92.0 cm³/mol. The van der Waals surface area contributed by atoms with Crippen LogP contribution in [0.5, 0.6) is 0 Å². The molecule has 0 saturated heterocycles. The monoisotopic (exact) mass is 334 g/mol. The molecule has 5 atom stereocenters. The minimum absolute atomic E-state index is 0.107. The summed E-state index contributed by atoms with van der Waals surface area (Å²) in [5, 5.41) is 0. The minimum atomic E-state index is -1.00. The third kappa shape index (κ3) is 3.22. The second kappa shape index (κ2) is 6.36. The zero-order chi connectivity index (χ0) is 18.3. The van der Waals surface area contributed by atoms with Gasteiger partial charge in [0.05, 0.1) is 0 Å². The predicted octanol–water partition coefficient (Wildman–Crippen LogP) is 3.96. The highest BCUT2D eigenvalue weighted by molar-refractivity contribution is 5.08. The normalized spacial score (nSPS) is 34.8. The van der Waals surface area contributed by atoms with Gasteiger partial charge in [0.25, 0.3) is 0 Å². The van der Waals surface area contributed by atoms with Gasteiger partial charge in [0, 0.05) is 11.8 Å². The second-order valence-electron chi connectivity index (χ2n) is 8.38. The lowest BCUT2D eigenvalue weighted by Gasteiger charge is -2.45. The lowest BCUT2D eigenvalue weighted by Crippen LogP contribution is -2.53. The summed E-state index contributed by atoms with van der Waals surface area (Å²) in [5.74, 6) is 5.93. The molecule has 134 valence electrons. The molecule has 4 nitrogen and oxygen atoms in total. The zero-order valence-corrected chi connectivity index (χ0v) is 15.9. The largest absolute Gasteiger partial charge is 0.239 e. The number of fused-ring (bicyclic) bond motifs is 2. The van der Waals surface area contributed by atoms with Gasteiger partial charge in [-0.25, -0.2) is 9.78 Å². The average molecular weight is 334 g/mol. The van der Waals surface area contributed by atoms with Gasteiger partial charge in [-0.2, -0.15) is 9.78 Å². The molecule has 2 fully saturated rings. The van der Waals surface area contributed by atoms with Crippen molar-refractivity contribution >= 4 is 0 Å². The van der Waals surface area contributed by atoms with Crippen molar-refractivity contribution in [3.05, 3.63) is 0 Å². The highest BCUT2D eigenvalue weighted by Crippen LogP contribution is 2.62. The van der Waals surface area contributed by atoms with Gasteiger partial charge in [-0.15, -0.1) is 12.8 Å². The van der Waals surface area contributed by atoms with Crippen LogP contribution in [0.1, 0.15) is 54.9 Å². The molecule has 2 rings (SSSR count). The van der Waals surface area contributed by atoms with Crippen molar-refractivity contribution in [2.75, 3.05) is 0 Å². The smallest absolute Gasteiger partial charge is 0.214 e. The Morgan fingerprint density at radius 3 is 1.71 bits per heavy atom. The molecule has 0 radical (unpaired) electrons. The van der Waals surface area contributed by atoms with Crippen molar-refractivity contribution in [1.29, 1.82) is 0 Å². The third-order valence-corrected chi connectivity index (χ3v) is 5.91. The molecule has 0 aliphatic heterocycles. The molecule has 0 spiro atoms. The van der Waals surface area contributed by atoms with Crippen LogP contribution in [-0.4, -0.2) is 17.0 Å². The number of hydrogen-bond donors (Lipinski definition) is 0. The molecule has 0 amide bonds. The molecule has 0 aromatic carbocycles. The van der Waals surface area contributed by atoms with E-state index < -0.39 is 17.0 Å². The first-order chi connectivity index (χ1) is 11.0. The van der Waals surface area contributed by atoms with E-state index in [9.17, 15) is 0 Å². The molecule has 2 aliphatic rings. The summed E-state index contributed by atoms with van der Waals surface area (Å²) in [5.41, 5.74) is -1.71. The van der Waals surface area contributed by atoms with E-state index >= 15 is 0 Å². The van der Waals surface area contributed by atoms with Crippen molar-refractivity contribution in [2.45, 2.75) is 71.9 Å². The minimum Gasteiger partial charge on any atom is -0.214 e. The number of hydrogen-bond acceptors (Lipinski definition) is 4. The lowest BCUT2D eigenvalue weighted by atomic mass is 9.73. The van der Waals surface area contributed by atoms with Crippen LogP contribution < -0.4 is 0 Å². The van der Waals surface area contributed by atoms with E-state index in [4.69, 9.17) is 32.4 Å². The second-order valence-corrected chi connectivity index (χ2v) is 8.38. The summed E-state index contributed by atoms with van der Waals surface area (Å²) < 4.78 is 0. The molecule has 0 N–H and O–H groups in total. The highest BCUT2D eigenvalue weighted by Gasteiger charge is 2.66. The van der Waals surface area contributed by atoms with Crippen LogP contribution in [0.25, 0.3) is 0 Å². The van der Waals surface area contributed by atoms with Gasteiger partial charge in [0.2, 0.25) is 5.79 Å². The summed E-state index contributed by atoms with van der Waals surface area (Å²) in [6, 6.07) is 0. The topological polar surface area (TPSA) is 36.9 Å². The molecule has 0 aromatic heterocycles. The average Bonchev–Trinajstić information content (AvgIpc) is 2.99. The third-order valence-electron chi connectivity index (χ3n) is 5.91. The molecule has 0 aromatic rings. The summed E-state index contributed by atoms with van der Waals surface area (Å²) >= 11 is 0. The molecule has 24 heavy (non-hydrogen) atoms. The number of terminal acetylenes is 2. The highest BCUT2D eigenvalue weighted by atomic mass is 17.3. The Kier molecular flexibility index (Phi) is 5.11. The number of rotatable bonds is 6. The lowest BCUT2D eigenvalue weighted by molar-refractivity contribution is -0.557. The summed E-state index contributed by atoms with van der Waals surface area (Å²) in [6.07, 6.45) is 12.0. The maximum absolute atomic E-state index is 5.89. The van der Waals surface area contributed by atoms with Crippen molar-refractivity contribution in [3.63, 3.8) is 0 Å². The summed E-state index contributed by atoms with van der Waals surface area (Å²) in [6.45, 7) is 13.7. The van der Waals surface area contributed by atoms with Gasteiger partial charge in [-0.3, -0.25) is 0 Å². The van der Waals surface area contributed by atoms with Crippen molar-refractivity contribution in [1.82, 2.24) is 0 Å². The molecule has 0 heterocycles. The van der Waals surface area contributed by atoms with Crippen LogP contribution >= 0.6 is 0 Å². The van der Waals surface area contributed by atoms with Crippen LogP contribution in [0.4, 0.5) is 0 Å². The van der Waals surface area contributed by atoms with E-state index in [1.54, 1.807) is 27.7 Å². The van der Waals surface area contributed by atoms with Crippen LogP contribution in [0.2, 0.25) is 0 Å². The van der Waals surface area contributed by atoms with Crippen LogP contribution in [-0.2, 0) is 19.6 Å². The van der Waals surface area contributed by atoms with Gasteiger partial charge < -0.3 is 0 Å². The molecule has 4 heteroatoms. The van der Waals surface area contributed by atoms with Crippen LogP contribution in [0, 0.1) is 54.3 Å². The molecule has 5 unspecified atom stereocenters.